The maximum Gasteiger partial charge on any atom is 0.255 e. The molecule has 0 unspecified atom stereocenters. The Balaban J connectivity index is 1.59. The Morgan fingerprint density at radius 2 is 2.04 bits per heavy atom. The molecule has 1 N–H and O–H groups in total. The maximum atomic E-state index is 13.9. The van der Waals surface area contributed by atoms with Gasteiger partial charge in [0.15, 0.2) is 23.3 Å². The van der Waals surface area contributed by atoms with E-state index in [1.54, 1.807) is 0 Å². The quantitative estimate of drug-likeness (QED) is 0.711. The molecule has 2 aromatic heterocycles. The monoisotopic (exact) mass is 377 g/mol. The Labute approximate surface area is 150 Å². The molecule has 1 aliphatic rings. The maximum absolute atomic E-state index is 13.9. The van der Waals surface area contributed by atoms with Crippen molar-refractivity contribution in [1.82, 2.24) is 14.9 Å². The molecular weight excluding hydrogens is 363 g/mol. The van der Waals surface area contributed by atoms with E-state index in [2.05, 4.69) is 9.97 Å². The molecule has 4 nitrogen and oxygen atoms in total. The van der Waals surface area contributed by atoms with Gasteiger partial charge in [-0.15, -0.1) is 11.3 Å². The number of halogens is 3. The minimum Gasteiger partial charge on any atom is -0.306 e. The minimum atomic E-state index is -1.47. The predicted molar refractivity (Wildman–Crippen MR) is 92.3 cm³/mol. The van der Waals surface area contributed by atoms with Gasteiger partial charge in [0.05, 0.1) is 16.1 Å². The van der Waals surface area contributed by atoms with Crippen LogP contribution < -0.4 is 5.56 Å². The van der Waals surface area contributed by atoms with Crippen LogP contribution in [0.4, 0.5) is 13.2 Å². The number of H-pyrrole nitrogens is 1. The second-order valence-electron chi connectivity index (χ2n) is 6.11. The Morgan fingerprint density at radius 1 is 1.19 bits per heavy atom. The first-order valence-corrected chi connectivity index (χ1v) is 8.91. The summed E-state index contributed by atoms with van der Waals surface area (Å²) in [7, 11) is 0. The van der Waals surface area contributed by atoms with E-state index in [0.717, 1.165) is 16.6 Å². The van der Waals surface area contributed by atoms with Gasteiger partial charge in [-0.05, 0) is 17.5 Å². The number of benzene rings is 1. The molecule has 1 aromatic carbocycles. The van der Waals surface area contributed by atoms with Crippen LogP contribution in [-0.2, 0) is 19.5 Å². The standard InChI is InChI=1S/C18H14F3N3OS/c19-12-4-3-10(15(20)16(12)21)8-24-6-5-13-11(9-24)18(25)23-17(22-13)14-2-1-7-26-14/h1-4,7H,5-6,8-9H2,(H,22,23,25). The highest BCUT2D eigenvalue weighted by atomic mass is 32.1. The molecule has 0 fully saturated rings. The molecule has 0 aliphatic carbocycles. The van der Waals surface area contributed by atoms with Gasteiger partial charge in [0.2, 0.25) is 0 Å². The zero-order valence-electron chi connectivity index (χ0n) is 13.6. The normalized spacial score (nSPS) is 14.4. The zero-order chi connectivity index (χ0) is 18.3. The number of fused-ring (bicyclic) bond motifs is 1. The van der Waals surface area contributed by atoms with Crippen LogP contribution in [0.15, 0.2) is 34.4 Å². The SMILES string of the molecule is O=c1[nH]c(-c2cccs2)nc2c1CN(Cc1ccc(F)c(F)c1F)CC2. The first-order valence-electron chi connectivity index (χ1n) is 8.03. The van der Waals surface area contributed by atoms with Crippen LogP contribution in [0, 0.1) is 17.5 Å². The largest absolute Gasteiger partial charge is 0.306 e. The van der Waals surface area contributed by atoms with E-state index in [4.69, 9.17) is 0 Å². The molecule has 0 radical (unpaired) electrons. The molecule has 1 aliphatic heterocycles. The fourth-order valence-electron chi connectivity index (χ4n) is 3.07. The Bertz CT molecular complexity index is 1020. The lowest BCUT2D eigenvalue weighted by molar-refractivity contribution is 0.237. The number of aromatic nitrogens is 2. The molecule has 0 saturated heterocycles. The first-order chi connectivity index (χ1) is 12.5. The van der Waals surface area contributed by atoms with E-state index in [-0.39, 0.29) is 24.2 Å². The molecule has 8 heteroatoms. The molecule has 0 saturated carbocycles. The fraction of sp³-hybridized carbons (Fsp3) is 0.222. The van der Waals surface area contributed by atoms with Crippen LogP contribution in [0.25, 0.3) is 10.7 Å². The van der Waals surface area contributed by atoms with Gasteiger partial charge >= 0.3 is 0 Å². The van der Waals surface area contributed by atoms with Gasteiger partial charge in [0.1, 0.15) is 0 Å². The molecule has 0 atom stereocenters. The fourth-order valence-corrected chi connectivity index (χ4v) is 3.74. The molecule has 0 amide bonds. The second kappa shape index (κ2) is 6.69. The van der Waals surface area contributed by atoms with E-state index in [9.17, 15) is 18.0 Å². The zero-order valence-corrected chi connectivity index (χ0v) is 14.4. The molecule has 134 valence electrons. The molecule has 3 heterocycles. The van der Waals surface area contributed by atoms with Crippen molar-refractivity contribution in [2.24, 2.45) is 0 Å². The highest BCUT2D eigenvalue weighted by Crippen LogP contribution is 2.24. The number of rotatable bonds is 3. The topological polar surface area (TPSA) is 49.0 Å². The number of hydrogen-bond donors (Lipinski definition) is 1. The van der Waals surface area contributed by atoms with Crippen molar-refractivity contribution >= 4 is 11.3 Å². The van der Waals surface area contributed by atoms with Gasteiger partial charge in [0, 0.05) is 31.6 Å². The lowest BCUT2D eigenvalue weighted by Gasteiger charge is -2.27. The van der Waals surface area contributed by atoms with Gasteiger partial charge in [-0.3, -0.25) is 9.69 Å². The summed E-state index contributed by atoms with van der Waals surface area (Å²) in [6, 6.07) is 5.91. The predicted octanol–water partition coefficient (Wildman–Crippen LogP) is 3.47. The van der Waals surface area contributed by atoms with Crippen LogP contribution in [0.3, 0.4) is 0 Å². The number of aromatic amines is 1. The van der Waals surface area contributed by atoms with Gasteiger partial charge < -0.3 is 4.98 Å². The summed E-state index contributed by atoms with van der Waals surface area (Å²) in [5.41, 5.74) is 1.08. The molecule has 0 spiro atoms. The Hall–Kier alpha value is -2.45. The lowest BCUT2D eigenvalue weighted by atomic mass is 10.1. The Kier molecular flexibility index (Phi) is 4.37. The van der Waals surface area contributed by atoms with Crippen molar-refractivity contribution in [2.75, 3.05) is 6.54 Å². The first kappa shape index (κ1) is 17.0. The average molecular weight is 377 g/mol. The van der Waals surface area contributed by atoms with Crippen LogP contribution in [0.1, 0.15) is 16.8 Å². The molecule has 26 heavy (non-hydrogen) atoms. The van der Waals surface area contributed by atoms with E-state index in [0.29, 0.717) is 24.4 Å². The summed E-state index contributed by atoms with van der Waals surface area (Å²) in [4.78, 5) is 22.5. The highest BCUT2D eigenvalue weighted by molar-refractivity contribution is 7.13. The van der Waals surface area contributed by atoms with E-state index in [1.165, 1.54) is 17.4 Å². The summed E-state index contributed by atoms with van der Waals surface area (Å²) in [6.45, 7) is 0.918. The second-order valence-corrected chi connectivity index (χ2v) is 7.06. The summed E-state index contributed by atoms with van der Waals surface area (Å²) in [6.07, 6.45) is 0.531. The third kappa shape index (κ3) is 3.06. The van der Waals surface area contributed by atoms with Crippen LogP contribution in [-0.4, -0.2) is 21.4 Å². The smallest absolute Gasteiger partial charge is 0.255 e. The van der Waals surface area contributed by atoms with Crippen molar-refractivity contribution in [3.63, 3.8) is 0 Å². The molecule has 4 rings (SSSR count). The van der Waals surface area contributed by atoms with Crippen LogP contribution >= 0.6 is 11.3 Å². The lowest BCUT2D eigenvalue weighted by Crippen LogP contribution is -2.35. The number of hydrogen-bond acceptors (Lipinski definition) is 4. The Morgan fingerprint density at radius 3 is 2.81 bits per heavy atom. The van der Waals surface area contributed by atoms with Gasteiger partial charge in [-0.25, -0.2) is 18.2 Å². The summed E-state index contributed by atoms with van der Waals surface area (Å²) < 4.78 is 40.3. The van der Waals surface area contributed by atoms with Crippen LogP contribution in [0.5, 0.6) is 0 Å². The van der Waals surface area contributed by atoms with Crippen molar-refractivity contribution in [2.45, 2.75) is 19.5 Å². The molecule has 0 bridgehead atoms. The van der Waals surface area contributed by atoms with Crippen LogP contribution in [0.2, 0.25) is 0 Å². The van der Waals surface area contributed by atoms with Gasteiger partial charge in [-0.1, -0.05) is 12.1 Å². The summed E-state index contributed by atoms with van der Waals surface area (Å²) in [5, 5.41) is 1.91. The van der Waals surface area contributed by atoms with Crippen molar-refractivity contribution in [3.8, 4) is 10.7 Å². The van der Waals surface area contributed by atoms with E-state index in [1.807, 2.05) is 22.4 Å². The van der Waals surface area contributed by atoms with E-state index < -0.39 is 17.5 Å². The van der Waals surface area contributed by atoms with E-state index >= 15 is 0 Å². The number of nitrogens with one attached hydrogen (secondary N) is 1. The van der Waals surface area contributed by atoms with Crippen molar-refractivity contribution in [3.05, 3.63) is 74.3 Å². The van der Waals surface area contributed by atoms with Gasteiger partial charge in [-0.2, -0.15) is 0 Å². The molecule has 3 aromatic rings. The third-order valence-corrected chi connectivity index (χ3v) is 5.29. The highest BCUT2D eigenvalue weighted by Gasteiger charge is 2.23. The van der Waals surface area contributed by atoms with Crippen molar-refractivity contribution in [1.29, 1.82) is 0 Å². The van der Waals surface area contributed by atoms with Crippen molar-refractivity contribution < 1.29 is 13.2 Å². The number of thiophene rings is 1. The third-order valence-electron chi connectivity index (χ3n) is 4.41. The van der Waals surface area contributed by atoms with Gasteiger partial charge in [0.25, 0.3) is 5.56 Å². The minimum absolute atomic E-state index is 0.0620. The average Bonchev–Trinajstić information content (AvgIpc) is 3.17. The molecular formula is C18H14F3N3OS. The number of nitrogens with zero attached hydrogens (tertiary/aromatic N) is 2. The summed E-state index contributed by atoms with van der Waals surface area (Å²) >= 11 is 1.49. The summed E-state index contributed by atoms with van der Waals surface area (Å²) in [5.74, 6) is -3.32.